The number of aromatic nitrogens is 1. The maximum absolute atomic E-state index is 12.4. The maximum Gasteiger partial charge on any atom is 0.354 e. The van der Waals surface area contributed by atoms with Crippen molar-refractivity contribution >= 4 is 11.9 Å². The second-order valence-electron chi connectivity index (χ2n) is 5.29. The molecular formula is C17H16N2O3. The molecule has 0 aliphatic carbocycles. The van der Waals surface area contributed by atoms with Crippen molar-refractivity contribution in [1.82, 2.24) is 9.88 Å². The smallest absolute Gasteiger partial charge is 0.354 e. The van der Waals surface area contributed by atoms with Crippen LogP contribution < -0.4 is 0 Å². The molecule has 0 atom stereocenters. The van der Waals surface area contributed by atoms with E-state index in [9.17, 15) is 9.59 Å². The minimum Gasteiger partial charge on any atom is -0.477 e. The summed E-state index contributed by atoms with van der Waals surface area (Å²) in [5, 5.41) is 9.02. The molecule has 22 heavy (non-hydrogen) atoms. The molecule has 1 aliphatic heterocycles. The van der Waals surface area contributed by atoms with E-state index in [1.54, 1.807) is 30.3 Å². The maximum atomic E-state index is 12.4. The van der Waals surface area contributed by atoms with Crippen LogP contribution in [0.3, 0.4) is 0 Å². The third kappa shape index (κ3) is 2.83. The zero-order valence-electron chi connectivity index (χ0n) is 12.0. The summed E-state index contributed by atoms with van der Waals surface area (Å²) in [6, 6.07) is 12.0. The van der Waals surface area contributed by atoms with Crippen molar-refractivity contribution in [1.29, 1.82) is 0 Å². The number of carbonyl (C=O) groups is 2. The minimum atomic E-state index is -1.06. The Morgan fingerprint density at radius 2 is 1.77 bits per heavy atom. The lowest BCUT2D eigenvalue weighted by molar-refractivity contribution is 0.0690. The Labute approximate surface area is 128 Å². The molecule has 1 amide bonds. The number of likely N-dealkylation sites (tertiary alicyclic amines) is 1. The predicted molar refractivity (Wildman–Crippen MR) is 81.8 cm³/mol. The van der Waals surface area contributed by atoms with Gasteiger partial charge in [-0.15, -0.1) is 0 Å². The summed E-state index contributed by atoms with van der Waals surface area (Å²) in [5.41, 5.74) is 1.90. The van der Waals surface area contributed by atoms with Gasteiger partial charge in [0.05, 0.1) is 5.69 Å². The van der Waals surface area contributed by atoms with E-state index in [1.807, 2.05) is 11.0 Å². The van der Waals surface area contributed by atoms with Gasteiger partial charge in [0, 0.05) is 24.2 Å². The first-order chi connectivity index (χ1) is 10.6. The van der Waals surface area contributed by atoms with Crippen LogP contribution in [0, 0.1) is 0 Å². The molecule has 1 aromatic carbocycles. The molecular weight excluding hydrogens is 280 g/mol. The molecule has 1 fully saturated rings. The molecule has 0 spiro atoms. The average molecular weight is 296 g/mol. The Bertz CT molecular complexity index is 721. The monoisotopic (exact) mass is 296 g/mol. The average Bonchev–Trinajstić information content (AvgIpc) is 3.09. The Morgan fingerprint density at radius 3 is 2.50 bits per heavy atom. The molecule has 0 unspecified atom stereocenters. The van der Waals surface area contributed by atoms with E-state index in [-0.39, 0.29) is 11.6 Å². The van der Waals surface area contributed by atoms with Crippen LogP contribution >= 0.6 is 0 Å². The fourth-order valence-corrected chi connectivity index (χ4v) is 2.63. The van der Waals surface area contributed by atoms with Gasteiger partial charge in [0.2, 0.25) is 0 Å². The number of amides is 1. The highest BCUT2D eigenvalue weighted by Crippen LogP contribution is 2.21. The predicted octanol–water partition coefficient (Wildman–Crippen LogP) is 2.68. The molecule has 0 radical (unpaired) electrons. The first kappa shape index (κ1) is 14.3. The van der Waals surface area contributed by atoms with Crippen LogP contribution in [-0.2, 0) is 0 Å². The number of carboxylic acid groups (broad SMARTS) is 1. The highest BCUT2D eigenvalue weighted by molar-refractivity contribution is 5.95. The summed E-state index contributed by atoms with van der Waals surface area (Å²) in [4.78, 5) is 29.4. The Morgan fingerprint density at radius 1 is 1.05 bits per heavy atom. The summed E-state index contributed by atoms with van der Waals surface area (Å²) in [6.07, 6.45) is 2.10. The summed E-state index contributed by atoms with van der Waals surface area (Å²) >= 11 is 0. The molecule has 5 nitrogen and oxygen atoms in total. The highest BCUT2D eigenvalue weighted by atomic mass is 16.4. The van der Waals surface area contributed by atoms with E-state index in [1.165, 1.54) is 6.07 Å². The topological polar surface area (TPSA) is 70.5 Å². The molecule has 3 rings (SSSR count). The number of rotatable bonds is 3. The molecule has 2 aromatic rings. The van der Waals surface area contributed by atoms with Crippen molar-refractivity contribution < 1.29 is 14.7 Å². The van der Waals surface area contributed by atoms with Crippen LogP contribution in [0.2, 0.25) is 0 Å². The Kier molecular flexibility index (Phi) is 3.87. The lowest BCUT2D eigenvalue weighted by atomic mass is 10.1. The SMILES string of the molecule is O=C(O)c1cccc(-c2cccc(C(=O)N3CCCC3)c2)n1. The Hall–Kier alpha value is -2.69. The quantitative estimate of drug-likeness (QED) is 0.945. The van der Waals surface area contributed by atoms with Crippen LogP contribution in [0.1, 0.15) is 33.7 Å². The van der Waals surface area contributed by atoms with Crippen LogP contribution in [0.4, 0.5) is 0 Å². The van der Waals surface area contributed by atoms with Crippen molar-refractivity contribution in [2.75, 3.05) is 13.1 Å². The number of carboxylic acids is 1. The normalized spacial score (nSPS) is 14.1. The fraction of sp³-hybridized carbons (Fsp3) is 0.235. The Balaban J connectivity index is 1.92. The minimum absolute atomic E-state index is 0.00577. The third-order valence-corrected chi connectivity index (χ3v) is 3.77. The second kappa shape index (κ2) is 5.97. The summed E-state index contributed by atoms with van der Waals surface area (Å²) in [7, 11) is 0. The lowest BCUT2D eigenvalue weighted by Crippen LogP contribution is -2.27. The lowest BCUT2D eigenvalue weighted by Gasteiger charge is -2.15. The number of benzene rings is 1. The molecule has 0 saturated carbocycles. The van der Waals surface area contributed by atoms with Crippen molar-refractivity contribution in [2.45, 2.75) is 12.8 Å². The van der Waals surface area contributed by atoms with E-state index >= 15 is 0 Å². The van der Waals surface area contributed by atoms with Gasteiger partial charge in [-0.1, -0.05) is 18.2 Å². The van der Waals surface area contributed by atoms with E-state index in [0.29, 0.717) is 11.3 Å². The van der Waals surface area contributed by atoms with E-state index in [2.05, 4.69) is 4.98 Å². The van der Waals surface area contributed by atoms with Crippen LogP contribution in [0.15, 0.2) is 42.5 Å². The number of aromatic carboxylic acids is 1. The van der Waals surface area contributed by atoms with Crippen LogP contribution in [0.5, 0.6) is 0 Å². The molecule has 112 valence electrons. The fourth-order valence-electron chi connectivity index (χ4n) is 2.63. The van der Waals surface area contributed by atoms with Gasteiger partial charge in [-0.25, -0.2) is 9.78 Å². The van der Waals surface area contributed by atoms with Gasteiger partial charge in [0.25, 0.3) is 5.91 Å². The first-order valence-electron chi connectivity index (χ1n) is 7.25. The zero-order valence-corrected chi connectivity index (χ0v) is 12.0. The number of pyridine rings is 1. The second-order valence-corrected chi connectivity index (χ2v) is 5.29. The third-order valence-electron chi connectivity index (χ3n) is 3.77. The van der Waals surface area contributed by atoms with Gasteiger partial charge < -0.3 is 10.0 Å². The van der Waals surface area contributed by atoms with Gasteiger partial charge >= 0.3 is 5.97 Å². The molecule has 1 N–H and O–H groups in total. The van der Waals surface area contributed by atoms with Crippen LogP contribution in [0.25, 0.3) is 11.3 Å². The summed E-state index contributed by atoms with van der Waals surface area (Å²) in [5.74, 6) is -1.04. The van der Waals surface area contributed by atoms with E-state index in [0.717, 1.165) is 31.5 Å². The van der Waals surface area contributed by atoms with Crippen molar-refractivity contribution in [3.8, 4) is 11.3 Å². The van der Waals surface area contributed by atoms with Crippen molar-refractivity contribution in [3.63, 3.8) is 0 Å². The number of nitrogens with zero attached hydrogens (tertiary/aromatic N) is 2. The van der Waals surface area contributed by atoms with Gasteiger partial charge in [0.15, 0.2) is 0 Å². The van der Waals surface area contributed by atoms with Crippen LogP contribution in [-0.4, -0.2) is 40.0 Å². The number of hydrogen-bond donors (Lipinski definition) is 1. The standard InChI is InChI=1S/C17H16N2O3/c20-16(19-9-1-2-10-19)13-6-3-5-12(11-13)14-7-4-8-15(18-14)17(21)22/h3-8,11H,1-2,9-10H2,(H,21,22). The van der Waals surface area contributed by atoms with Gasteiger partial charge in [-0.05, 0) is 37.1 Å². The summed E-state index contributed by atoms with van der Waals surface area (Å²) < 4.78 is 0. The van der Waals surface area contributed by atoms with Crippen molar-refractivity contribution in [3.05, 3.63) is 53.7 Å². The largest absolute Gasteiger partial charge is 0.477 e. The van der Waals surface area contributed by atoms with Gasteiger partial charge in [-0.3, -0.25) is 4.79 Å². The van der Waals surface area contributed by atoms with Crippen molar-refractivity contribution in [2.24, 2.45) is 0 Å². The number of carbonyl (C=O) groups excluding carboxylic acids is 1. The van der Waals surface area contributed by atoms with Gasteiger partial charge in [-0.2, -0.15) is 0 Å². The van der Waals surface area contributed by atoms with E-state index < -0.39 is 5.97 Å². The molecule has 1 aromatic heterocycles. The summed E-state index contributed by atoms with van der Waals surface area (Å²) in [6.45, 7) is 1.60. The molecule has 5 heteroatoms. The molecule has 0 bridgehead atoms. The molecule has 1 saturated heterocycles. The zero-order chi connectivity index (χ0) is 15.5. The highest BCUT2D eigenvalue weighted by Gasteiger charge is 2.19. The first-order valence-corrected chi connectivity index (χ1v) is 7.25. The van der Waals surface area contributed by atoms with E-state index in [4.69, 9.17) is 5.11 Å². The molecule has 1 aliphatic rings. The number of hydrogen-bond acceptors (Lipinski definition) is 3. The molecule has 2 heterocycles. The van der Waals surface area contributed by atoms with Gasteiger partial charge in [0.1, 0.15) is 5.69 Å².